The van der Waals surface area contributed by atoms with Crippen molar-refractivity contribution in [2.75, 3.05) is 0 Å². The Bertz CT molecular complexity index is 779. The van der Waals surface area contributed by atoms with Crippen LogP contribution >= 0.6 is 8.19 Å². The average molecular weight is 381 g/mol. The van der Waals surface area contributed by atoms with Gasteiger partial charge in [0.25, 0.3) is 0 Å². The van der Waals surface area contributed by atoms with Gasteiger partial charge in [0.15, 0.2) is 0 Å². The van der Waals surface area contributed by atoms with Gasteiger partial charge in [-0.2, -0.15) is 0 Å². The first-order valence-electron chi connectivity index (χ1n) is 9.07. The summed E-state index contributed by atoms with van der Waals surface area (Å²) < 4.78 is 0. The molecule has 0 fully saturated rings. The van der Waals surface area contributed by atoms with E-state index in [4.69, 9.17) is 0 Å². The molecule has 0 aliphatic carbocycles. The van der Waals surface area contributed by atoms with Crippen LogP contribution in [0.1, 0.15) is 0 Å². The molecule has 25 heavy (non-hydrogen) atoms. The number of benzene rings is 2. The van der Waals surface area contributed by atoms with Gasteiger partial charge in [0, 0.05) is 0 Å². The summed E-state index contributed by atoms with van der Waals surface area (Å²) in [5, 5.41) is 0. The molecular formula is C22H29PSi2. The molecule has 0 saturated heterocycles. The van der Waals surface area contributed by atoms with Crippen molar-refractivity contribution < 1.29 is 0 Å². The van der Waals surface area contributed by atoms with Crippen LogP contribution in [-0.2, 0) is 0 Å². The normalized spacial score (nSPS) is 12.4. The van der Waals surface area contributed by atoms with Gasteiger partial charge in [-0.3, -0.25) is 0 Å². The molecule has 0 saturated carbocycles. The maximum Gasteiger partial charge on any atom is 0.0832 e. The van der Waals surface area contributed by atoms with E-state index in [-0.39, 0.29) is 0 Å². The standard InChI is InChI=1S/C22H29PSi2/c1-24(2,3)21-19(17-13-9-7-10-14-17)20(18-15-11-8-12-16-18)22(23-21)25(4,5)6/h7-16,23H,1-6H3. The highest BCUT2D eigenvalue weighted by Crippen LogP contribution is 2.37. The van der Waals surface area contributed by atoms with Crippen molar-refractivity contribution in [3.05, 3.63) is 60.7 Å². The van der Waals surface area contributed by atoms with Crippen LogP contribution in [0.5, 0.6) is 0 Å². The Morgan fingerprint density at radius 3 is 1.12 bits per heavy atom. The van der Waals surface area contributed by atoms with E-state index in [2.05, 4.69) is 99.9 Å². The van der Waals surface area contributed by atoms with Crippen LogP contribution in [-0.4, -0.2) is 16.1 Å². The van der Waals surface area contributed by atoms with E-state index in [9.17, 15) is 0 Å². The Kier molecular flexibility index (Phi) is 4.98. The van der Waals surface area contributed by atoms with Gasteiger partial charge in [0.2, 0.25) is 0 Å². The minimum absolute atomic E-state index is 0.888. The predicted molar refractivity (Wildman–Crippen MR) is 123 cm³/mol. The Morgan fingerprint density at radius 1 is 0.520 bits per heavy atom. The number of rotatable bonds is 4. The summed E-state index contributed by atoms with van der Waals surface area (Å²) in [7, 11) is -1.90. The largest absolute Gasteiger partial charge is 0.140 e. The molecule has 0 amide bonds. The second-order valence-electron chi connectivity index (χ2n) is 8.86. The fourth-order valence-electron chi connectivity index (χ4n) is 3.41. The topological polar surface area (TPSA) is 0 Å². The Hall–Kier alpha value is -1.35. The maximum atomic E-state index is 2.51. The van der Waals surface area contributed by atoms with Crippen molar-refractivity contribution in [1.29, 1.82) is 0 Å². The third-order valence-electron chi connectivity index (χ3n) is 4.62. The third kappa shape index (κ3) is 3.77. The van der Waals surface area contributed by atoms with Gasteiger partial charge in [-0.15, -0.1) is 8.19 Å². The van der Waals surface area contributed by atoms with Crippen molar-refractivity contribution in [2.45, 2.75) is 39.3 Å². The molecule has 0 bridgehead atoms. The summed E-state index contributed by atoms with van der Waals surface area (Å²) in [4.78, 5) is 3.52. The highest BCUT2D eigenvalue weighted by molar-refractivity contribution is 7.50. The first-order chi connectivity index (χ1) is 11.7. The van der Waals surface area contributed by atoms with Crippen LogP contribution in [0.4, 0.5) is 0 Å². The number of hydrogen-bond acceptors (Lipinski definition) is 0. The zero-order chi connectivity index (χ0) is 18.2. The van der Waals surface area contributed by atoms with Crippen molar-refractivity contribution in [2.24, 2.45) is 0 Å². The molecule has 0 aliphatic rings. The Labute approximate surface area is 156 Å². The van der Waals surface area contributed by atoms with Crippen LogP contribution in [0.25, 0.3) is 22.3 Å². The molecule has 0 atom stereocenters. The molecule has 0 N–H and O–H groups in total. The lowest BCUT2D eigenvalue weighted by atomic mass is 9.99. The van der Waals surface area contributed by atoms with Gasteiger partial charge >= 0.3 is 0 Å². The molecule has 130 valence electrons. The van der Waals surface area contributed by atoms with Crippen LogP contribution < -0.4 is 9.84 Å². The fourth-order valence-corrected chi connectivity index (χ4v) is 10.6. The van der Waals surface area contributed by atoms with Crippen molar-refractivity contribution >= 4 is 34.2 Å². The van der Waals surface area contributed by atoms with Gasteiger partial charge < -0.3 is 0 Å². The lowest BCUT2D eigenvalue weighted by Gasteiger charge is -2.20. The molecule has 0 nitrogen and oxygen atoms in total. The molecule has 2 aromatic carbocycles. The highest BCUT2D eigenvalue weighted by atomic mass is 31.0. The first-order valence-corrected chi connectivity index (χ1v) is 17.1. The molecule has 0 aliphatic heterocycles. The van der Waals surface area contributed by atoms with E-state index >= 15 is 0 Å². The summed E-state index contributed by atoms with van der Waals surface area (Å²) in [6, 6.07) is 22.2. The van der Waals surface area contributed by atoms with E-state index in [0.29, 0.717) is 0 Å². The molecule has 0 radical (unpaired) electrons. The van der Waals surface area contributed by atoms with Gasteiger partial charge in [0.1, 0.15) is 0 Å². The lowest BCUT2D eigenvalue weighted by molar-refractivity contribution is 1.63. The quantitative estimate of drug-likeness (QED) is 0.477. The van der Waals surface area contributed by atoms with Gasteiger partial charge in [0.05, 0.1) is 16.1 Å². The van der Waals surface area contributed by atoms with Gasteiger partial charge in [-0.1, -0.05) is 99.9 Å². The van der Waals surface area contributed by atoms with E-state index in [1.807, 2.05) is 0 Å². The fraction of sp³-hybridized carbons (Fsp3) is 0.273. The maximum absolute atomic E-state index is 2.51. The smallest absolute Gasteiger partial charge is 0.0832 e. The molecular weight excluding hydrogens is 351 g/mol. The minimum atomic E-state index is -1.39. The second kappa shape index (κ2) is 6.76. The van der Waals surface area contributed by atoms with Crippen LogP contribution in [0.2, 0.25) is 39.3 Å². The van der Waals surface area contributed by atoms with Crippen LogP contribution in [0.15, 0.2) is 60.7 Å². The zero-order valence-electron chi connectivity index (χ0n) is 16.3. The van der Waals surface area contributed by atoms with Gasteiger partial charge in [-0.05, 0) is 32.1 Å². The SMILES string of the molecule is C[Si](C)(C)c1[pH]c([Si](C)(C)C)c(-c2ccccc2)c1-c1ccccc1. The summed E-state index contributed by atoms with van der Waals surface area (Å²) in [6.07, 6.45) is 0. The predicted octanol–water partition coefficient (Wildman–Crippen LogP) is 6.14. The molecule has 1 heterocycles. The van der Waals surface area contributed by atoms with E-state index in [0.717, 1.165) is 8.19 Å². The monoisotopic (exact) mass is 380 g/mol. The summed E-state index contributed by atoms with van der Waals surface area (Å²) >= 11 is 0. The summed E-state index contributed by atoms with van der Waals surface area (Å²) in [5.41, 5.74) is 5.92. The molecule has 0 unspecified atom stereocenters. The van der Waals surface area contributed by atoms with Crippen molar-refractivity contribution in [1.82, 2.24) is 0 Å². The average Bonchev–Trinajstić information content (AvgIpc) is 2.97. The van der Waals surface area contributed by atoms with Crippen LogP contribution in [0, 0.1) is 0 Å². The first kappa shape index (κ1) is 18.4. The molecule has 3 rings (SSSR count). The zero-order valence-corrected chi connectivity index (χ0v) is 19.3. The van der Waals surface area contributed by atoms with Crippen LogP contribution in [0.3, 0.4) is 0 Å². The Morgan fingerprint density at radius 2 is 0.840 bits per heavy atom. The van der Waals surface area contributed by atoms with E-state index in [1.54, 1.807) is 21.0 Å². The Balaban J connectivity index is 2.43. The van der Waals surface area contributed by atoms with E-state index < -0.39 is 16.1 Å². The summed E-state index contributed by atoms with van der Waals surface area (Å²) in [5.74, 6) is 0. The van der Waals surface area contributed by atoms with Crippen molar-refractivity contribution in [3.8, 4) is 22.3 Å². The van der Waals surface area contributed by atoms with E-state index in [1.165, 1.54) is 11.1 Å². The highest BCUT2D eigenvalue weighted by Gasteiger charge is 2.32. The van der Waals surface area contributed by atoms with Crippen molar-refractivity contribution in [3.63, 3.8) is 0 Å². The third-order valence-corrected chi connectivity index (χ3v) is 14.4. The second-order valence-corrected chi connectivity index (χ2v) is 21.1. The molecule has 1 aromatic heterocycles. The summed E-state index contributed by atoms with van der Waals surface area (Å²) in [6.45, 7) is 15.0. The molecule has 0 spiro atoms. The molecule has 3 aromatic rings. The van der Waals surface area contributed by atoms with Gasteiger partial charge in [-0.25, -0.2) is 0 Å². The molecule has 3 heteroatoms. The number of hydrogen-bond donors (Lipinski definition) is 0. The minimum Gasteiger partial charge on any atom is -0.140 e. The lowest BCUT2D eigenvalue weighted by Crippen LogP contribution is -2.37.